The molecule has 0 aliphatic carbocycles. The molecule has 4 nitrogen and oxygen atoms in total. The van der Waals surface area contributed by atoms with Crippen molar-refractivity contribution >= 4 is 0 Å². The smallest absolute Gasteiger partial charge is 0.126 e. The van der Waals surface area contributed by atoms with Crippen LogP contribution >= 0.6 is 0 Å². The highest BCUT2D eigenvalue weighted by molar-refractivity contribution is 5.18. The summed E-state index contributed by atoms with van der Waals surface area (Å²) in [7, 11) is 0. The van der Waals surface area contributed by atoms with Crippen LogP contribution in [0.2, 0.25) is 0 Å². The third kappa shape index (κ3) is 2.81. The van der Waals surface area contributed by atoms with Gasteiger partial charge in [0.25, 0.3) is 0 Å². The number of ether oxygens (including phenoxy) is 2. The fourth-order valence-electron chi connectivity index (χ4n) is 2.44. The molecule has 2 aliphatic rings. The van der Waals surface area contributed by atoms with E-state index < -0.39 is 17.1 Å². The lowest BCUT2D eigenvalue weighted by molar-refractivity contribution is -0.187. The summed E-state index contributed by atoms with van der Waals surface area (Å²) in [5.74, 6) is -0.454. The van der Waals surface area contributed by atoms with Gasteiger partial charge in [0.05, 0.1) is 24.0 Å². The second-order valence-corrected chi connectivity index (χ2v) is 5.86. The van der Waals surface area contributed by atoms with Crippen molar-refractivity contribution in [3.8, 4) is 0 Å². The van der Waals surface area contributed by atoms with Crippen LogP contribution in [0.25, 0.3) is 0 Å². The minimum Gasteiger partial charge on any atom is -0.493 e. The largest absolute Gasteiger partial charge is 0.493 e. The van der Waals surface area contributed by atoms with Gasteiger partial charge < -0.3 is 19.7 Å². The van der Waals surface area contributed by atoms with Gasteiger partial charge in [-0.25, -0.2) is 0 Å². The third-order valence-electron chi connectivity index (χ3n) is 4.05. The fraction of sp³-hybridized carbons (Fsp3) is 0.500. The Bertz CT molecular complexity index is 422. The number of hydrogen-bond donors (Lipinski definition) is 2. The highest BCUT2D eigenvalue weighted by Crippen LogP contribution is 2.38. The number of allylic oxidation sites excluding steroid dienone is 4. The zero-order valence-corrected chi connectivity index (χ0v) is 12.1. The molecule has 0 saturated heterocycles. The monoisotopic (exact) mass is 278 g/mol. The van der Waals surface area contributed by atoms with Crippen LogP contribution in [-0.4, -0.2) is 33.6 Å². The van der Waals surface area contributed by atoms with Crippen molar-refractivity contribution in [1.82, 2.24) is 0 Å². The van der Waals surface area contributed by atoms with Gasteiger partial charge in [-0.3, -0.25) is 0 Å². The summed E-state index contributed by atoms with van der Waals surface area (Å²) in [5, 5.41) is 21.2. The Morgan fingerprint density at radius 2 is 1.30 bits per heavy atom. The van der Waals surface area contributed by atoms with Crippen LogP contribution < -0.4 is 0 Å². The molecule has 110 valence electrons. The topological polar surface area (TPSA) is 58.9 Å². The molecule has 3 atom stereocenters. The third-order valence-corrected chi connectivity index (χ3v) is 4.05. The van der Waals surface area contributed by atoms with E-state index in [1.807, 2.05) is 24.3 Å². The van der Waals surface area contributed by atoms with Crippen molar-refractivity contribution in [2.45, 2.75) is 44.2 Å². The Kier molecular flexibility index (Phi) is 4.06. The normalized spacial score (nSPS) is 29.4. The maximum absolute atomic E-state index is 10.9. The molecule has 0 saturated carbocycles. The number of aliphatic hydroxyl groups is 2. The molecule has 20 heavy (non-hydrogen) atoms. The van der Waals surface area contributed by atoms with Gasteiger partial charge in [-0.2, -0.15) is 0 Å². The van der Waals surface area contributed by atoms with Crippen molar-refractivity contribution in [3.63, 3.8) is 0 Å². The van der Waals surface area contributed by atoms with E-state index in [0.717, 1.165) is 0 Å². The van der Waals surface area contributed by atoms with E-state index in [-0.39, 0.29) is 12.2 Å². The summed E-state index contributed by atoms with van der Waals surface area (Å²) >= 11 is 0. The van der Waals surface area contributed by atoms with Crippen LogP contribution in [0.1, 0.15) is 20.8 Å². The van der Waals surface area contributed by atoms with Crippen molar-refractivity contribution in [3.05, 3.63) is 49.0 Å². The summed E-state index contributed by atoms with van der Waals surface area (Å²) in [6, 6.07) is 0. The van der Waals surface area contributed by atoms with E-state index >= 15 is 0 Å². The maximum Gasteiger partial charge on any atom is 0.126 e. The van der Waals surface area contributed by atoms with E-state index in [1.165, 1.54) is 0 Å². The molecule has 0 fully saturated rings. The Hall–Kier alpha value is -1.52. The van der Waals surface area contributed by atoms with Gasteiger partial charge in [-0.1, -0.05) is 12.2 Å². The van der Waals surface area contributed by atoms with E-state index in [0.29, 0.717) is 0 Å². The Labute approximate surface area is 119 Å². The Morgan fingerprint density at radius 3 is 1.60 bits per heavy atom. The quantitative estimate of drug-likeness (QED) is 0.826. The highest BCUT2D eigenvalue weighted by atomic mass is 16.5. The molecule has 0 aromatic rings. The zero-order valence-electron chi connectivity index (χ0n) is 12.1. The van der Waals surface area contributed by atoms with Crippen molar-refractivity contribution in [2.75, 3.05) is 0 Å². The van der Waals surface area contributed by atoms with Crippen molar-refractivity contribution in [2.24, 2.45) is 5.92 Å². The van der Waals surface area contributed by atoms with E-state index in [9.17, 15) is 10.2 Å². The molecule has 2 N–H and O–H groups in total. The fourth-order valence-corrected chi connectivity index (χ4v) is 2.44. The molecule has 2 aliphatic heterocycles. The van der Waals surface area contributed by atoms with Gasteiger partial charge in [-0.05, 0) is 45.1 Å². The van der Waals surface area contributed by atoms with E-state index in [1.54, 1.807) is 45.4 Å². The van der Waals surface area contributed by atoms with Gasteiger partial charge in [0, 0.05) is 0 Å². The first-order valence-electron chi connectivity index (χ1n) is 6.76. The molecule has 2 heterocycles. The van der Waals surface area contributed by atoms with Crippen molar-refractivity contribution < 1.29 is 19.7 Å². The second kappa shape index (κ2) is 5.46. The molecule has 3 unspecified atom stereocenters. The van der Waals surface area contributed by atoms with Gasteiger partial charge in [0.15, 0.2) is 0 Å². The molecule has 0 spiro atoms. The molecule has 0 bridgehead atoms. The predicted molar refractivity (Wildman–Crippen MR) is 76.7 cm³/mol. The lowest BCUT2D eigenvalue weighted by Crippen LogP contribution is -2.60. The summed E-state index contributed by atoms with van der Waals surface area (Å²) < 4.78 is 11.2. The zero-order chi connectivity index (χ0) is 14.8. The Balaban J connectivity index is 2.33. The average molecular weight is 278 g/mol. The van der Waals surface area contributed by atoms with Crippen LogP contribution in [0.5, 0.6) is 0 Å². The minimum absolute atomic E-state index is 0.373. The predicted octanol–water partition coefficient (Wildman–Crippen LogP) is 2.06. The van der Waals surface area contributed by atoms with Crippen LogP contribution in [0.3, 0.4) is 0 Å². The van der Waals surface area contributed by atoms with Gasteiger partial charge in [0.2, 0.25) is 0 Å². The number of rotatable bonds is 4. The van der Waals surface area contributed by atoms with E-state index in [4.69, 9.17) is 9.47 Å². The summed E-state index contributed by atoms with van der Waals surface area (Å²) in [5.41, 5.74) is -2.69. The molecule has 4 heteroatoms. The van der Waals surface area contributed by atoms with Crippen LogP contribution in [0, 0.1) is 5.92 Å². The first-order chi connectivity index (χ1) is 9.34. The maximum atomic E-state index is 10.9. The second-order valence-electron chi connectivity index (χ2n) is 5.86. The Morgan fingerprint density at radius 1 is 0.850 bits per heavy atom. The molecule has 0 amide bonds. The average Bonchev–Trinajstić information content (AvgIpc) is 2.40. The first-order valence-corrected chi connectivity index (χ1v) is 6.76. The van der Waals surface area contributed by atoms with Gasteiger partial charge in [-0.15, -0.1) is 0 Å². The van der Waals surface area contributed by atoms with Crippen LogP contribution in [0.4, 0.5) is 0 Å². The molecule has 0 aromatic heterocycles. The summed E-state index contributed by atoms with van der Waals surface area (Å²) in [6.07, 6.45) is 13.4. The summed E-state index contributed by atoms with van der Waals surface area (Å²) in [4.78, 5) is 0. The number of hydrogen-bond acceptors (Lipinski definition) is 4. The van der Waals surface area contributed by atoms with E-state index in [2.05, 4.69) is 0 Å². The minimum atomic E-state index is -1.40. The van der Waals surface area contributed by atoms with Gasteiger partial charge in [0.1, 0.15) is 17.8 Å². The van der Waals surface area contributed by atoms with Crippen molar-refractivity contribution in [1.29, 1.82) is 0 Å². The highest BCUT2D eigenvalue weighted by Gasteiger charge is 2.51. The molecule has 0 aromatic carbocycles. The van der Waals surface area contributed by atoms with Crippen LogP contribution in [0.15, 0.2) is 49.0 Å². The lowest BCUT2D eigenvalue weighted by Gasteiger charge is -2.46. The SMILES string of the molecule is CC(C)(O)C(C)(O)C(C1C=CC=CO1)C1C=CC=CO1. The molecular weight excluding hydrogens is 256 g/mol. The summed E-state index contributed by atoms with van der Waals surface area (Å²) in [6.45, 7) is 4.79. The first kappa shape index (κ1) is 14.9. The molecule has 2 rings (SSSR count). The lowest BCUT2D eigenvalue weighted by atomic mass is 9.71. The van der Waals surface area contributed by atoms with Gasteiger partial charge >= 0.3 is 0 Å². The molecule has 0 radical (unpaired) electrons. The standard InChI is InChI=1S/C16H22O4/c1-15(2,17)16(3,18)14(12-8-4-6-10-19-12)13-9-5-7-11-20-13/h4-14,17-18H,1-3H3. The van der Waals surface area contributed by atoms with Crippen LogP contribution in [-0.2, 0) is 9.47 Å². The molecular formula is C16H22O4.